The van der Waals surface area contributed by atoms with Crippen LogP contribution in [-0.4, -0.2) is 29.2 Å². The lowest BCUT2D eigenvalue weighted by atomic mass is 10.2. The highest BCUT2D eigenvalue weighted by Crippen LogP contribution is 2.26. The van der Waals surface area contributed by atoms with Crippen LogP contribution in [0.4, 0.5) is 17.3 Å². The molecule has 0 atom stereocenters. The fraction of sp³-hybridized carbons (Fsp3) is 0.143. The van der Waals surface area contributed by atoms with Crippen molar-refractivity contribution in [3.05, 3.63) is 40.9 Å². The molecule has 0 aliphatic heterocycles. The molecule has 0 saturated carbocycles. The van der Waals surface area contributed by atoms with Gasteiger partial charge in [0.1, 0.15) is 0 Å². The Morgan fingerprint density at radius 1 is 1.14 bits per heavy atom. The van der Waals surface area contributed by atoms with Crippen molar-refractivity contribution < 1.29 is 14.3 Å². The second-order valence-electron chi connectivity index (χ2n) is 4.30. The summed E-state index contributed by atoms with van der Waals surface area (Å²) in [4.78, 5) is 22.4. The summed E-state index contributed by atoms with van der Waals surface area (Å²) in [7, 11) is 1.30. The van der Waals surface area contributed by atoms with E-state index in [9.17, 15) is 9.59 Å². The van der Waals surface area contributed by atoms with Gasteiger partial charge in [0.25, 0.3) is 0 Å². The number of anilines is 3. The number of benzene rings is 1. The first-order valence-corrected chi connectivity index (χ1v) is 6.63. The molecule has 0 fully saturated rings. The van der Waals surface area contributed by atoms with Crippen LogP contribution in [-0.2, 0) is 9.53 Å². The van der Waals surface area contributed by atoms with E-state index in [-0.39, 0.29) is 5.91 Å². The van der Waals surface area contributed by atoms with Crippen molar-refractivity contribution in [3.63, 3.8) is 0 Å². The van der Waals surface area contributed by atoms with E-state index in [2.05, 4.69) is 25.6 Å². The third kappa shape index (κ3) is 3.92. The molecule has 2 aromatic rings. The Balaban J connectivity index is 2.19. The Kier molecular flexibility index (Phi) is 4.90. The summed E-state index contributed by atoms with van der Waals surface area (Å²) >= 11 is 6.07. The number of carbonyl (C=O) groups excluding carboxylic acids is 2. The molecule has 2 N–H and O–H groups in total. The first kappa shape index (κ1) is 15.7. The number of halogens is 1. The monoisotopic (exact) mass is 320 g/mol. The summed E-state index contributed by atoms with van der Waals surface area (Å²) in [6.45, 7) is 1.38. The predicted molar refractivity (Wildman–Crippen MR) is 82.4 cm³/mol. The highest BCUT2D eigenvalue weighted by Gasteiger charge is 2.10. The Bertz CT molecular complexity index is 704. The molecule has 0 bridgehead atoms. The number of hydrogen-bond acceptors (Lipinski definition) is 6. The van der Waals surface area contributed by atoms with E-state index in [1.807, 2.05) is 0 Å². The van der Waals surface area contributed by atoms with Crippen molar-refractivity contribution in [2.45, 2.75) is 6.92 Å². The van der Waals surface area contributed by atoms with E-state index in [4.69, 9.17) is 11.6 Å². The van der Waals surface area contributed by atoms with Gasteiger partial charge in [0.2, 0.25) is 5.91 Å². The first-order valence-electron chi connectivity index (χ1n) is 6.26. The van der Waals surface area contributed by atoms with Gasteiger partial charge in [-0.15, -0.1) is 10.2 Å². The van der Waals surface area contributed by atoms with Crippen LogP contribution in [0.15, 0.2) is 30.3 Å². The molecule has 1 aromatic heterocycles. The molecule has 0 aliphatic carbocycles. The predicted octanol–water partition coefficient (Wildman–Crippen LogP) is 2.62. The number of carbonyl (C=O) groups is 2. The van der Waals surface area contributed by atoms with Gasteiger partial charge in [-0.2, -0.15) is 0 Å². The fourth-order valence-electron chi connectivity index (χ4n) is 1.65. The van der Waals surface area contributed by atoms with Crippen LogP contribution in [0.1, 0.15) is 17.3 Å². The van der Waals surface area contributed by atoms with Crippen LogP contribution < -0.4 is 10.6 Å². The minimum absolute atomic E-state index is 0.233. The second kappa shape index (κ2) is 6.86. The Labute approximate surface area is 131 Å². The lowest BCUT2D eigenvalue weighted by Crippen LogP contribution is -2.08. The van der Waals surface area contributed by atoms with E-state index in [0.717, 1.165) is 0 Å². The molecule has 0 saturated heterocycles. The molecule has 0 spiro atoms. The minimum Gasteiger partial charge on any atom is -0.465 e. The number of amides is 1. The van der Waals surface area contributed by atoms with Crippen LogP contribution >= 0.6 is 11.6 Å². The first-order chi connectivity index (χ1) is 10.5. The standard InChI is InChI=1S/C14H13ClN4O3/c1-8(20)16-12-5-6-13(19-18-12)17-11-7-9(14(21)22-2)3-4-10(11)15/h3-7H,1-2H3,(H,17,19)(H,16,18,20). The van der Waals surface area contributed by atoms with Gasteiger partial charge in [-0.25, -0.2) is 4.79 Å². The molecule has 0 aliphatic rings. The zero-order chi connectivity index (χ0) is 16.1. The lowest BCUT2D eigenvalue weighted by molar-refractivity contribution is -0.114. The molecule has 0 radical (unpaired) electrons. The molecule has 114 valence electrons. The quantitative estimate of drug-likeness (QED) is 0.841. The zero-order valence-electron chi connectivity index (χ0n) is 11.9. The number of nitrogens with one attached hydrogen (secondary N) is 2. The summed E-state index contributed by atoms with van der Waals surface area (Å²) < 4.78 is 4.66. The summed E-state index contributed by atoms with van der Waals surface area (Å²) in [5.74, 6) is 0.0566. The highest BCUT2D eigenvalue weighted by atomic mass is 35.5. The average Bonchev–Trinajstić information content (AvgIpc) is 2.50. The van der Waals surface area contributed by atoms with Crippen molar-refractivity contribution in [3.8, 4) is 0 Å². The molecule has 1 heterocycles. The second-order valence-corrected chi connectivity index (χ2v) is 4.70. The summed E-state index contributed by atoms with van der Waals surface area (Å²) in [6, 6.07) is 7.91. The molecule has 2 rings (SSSR count). The topological polar surface area (TPSA) is 93.2 Å². The summed E-state index contributed by atoms with van der Waals surface area (Å²) in [5, 5.41) is 13.6. The Morgan fingerprint density at radius 2 is 1.82 bits per heavy atom. The molecular weight excluding hydrogens is 308 g/mol. The van der Waals surface area contributed by atoms with E-state index in [1.54, 1.807) is 30.3 Å². The average molecular weight is 321 g/mol. The van der Waals surface area contributed by atoms with Gasteiger partial charge in [0, 0.05) is 6.92 Å². The molecule has 1 aromatic carbocycles. The van der Waals surface area contributed by atoms with E-state index in [0.29, 0.717) is 27.9 Å². The molecule has 0 unspecified atom stereocenters. The maximum atomic E-state index is 11.5. The zero-order valence-corrected chi connectivity index (χ0v) is 12.6. The van der Waals surface area contributed by atoms with E-state index in [1.165, 1.54) is 14.0 Å². The van der Waals surface area contributed by atoms with Crippen LogP contribution in [0, 0.1) is 0 Å². The Hall–Kier alpha value is -2.67. The van der Waals surface area contributed by atoms with Crippen LogP contribution in [0.2, 0.25) is 5.02 Å². The van der Waals surface area contributed by atoms with Crippen molar-refractivity contribution in [2.24, 2.45) is 0 Å². The van der Waals surface area contributed by atoms with Gasteiger partial charge >= 0.3 is 5.97 Å². The molecule has 1 amide bonds. The maximum absolute atomic E-state index is 11.5. The molecule has 7 nitrogen and oxygen atoms in total. The molecular formula is C14H13ClN4O3. The number of esters is 1. The minimum atomic E-state index is -0.466. The SMILES string of the molecule is COC(=O)c1ccc(Cl)c(Nc2ccc(NC(C)=O)nn2)c1. The van der Waals surface area contributed by atoms with Crippen LogP contribution in [0.25, 0.3) is 0 Å². The van der Waals surface area contributed by atoms with Gasteiger partial charge in [-0.3, -0.25) is 4.79 Å². The number of hydrogen-bond donors (Lipinski definition) is 2. The van der Waals surface area contributed by atoms with Crippen LogP contribution in [0.5, 0.6) is 0 Å². The third-order valence-electron chi connectivity index (χ3n) is 2.62. The summed E-state index contributed by atoms with van der Waals surface area (Å²) in [6.07, 6.45) is 0. The van der Waals surface area contributed by atoms with Gasteiger partial charge in [0.15, 0.2) is 11.6 Å². The largest absolute Gasteiger partial charge is 0.465 e. The fourth-order valence-corrected chi connectivity index (χ4v) is 1.81. The highest BCUT2D eigenvalue weighted by molar-refractivity contribution is 6.33. The van der Waals surface area contributed by atoms with Crippen LogP contribution in [0.3, 0.4) is 0 Å². The number of nitrogens with zero attached hydrogens (tertiary/aromatic N) is 2. The van der Waals surface area contributed by atoms with E-state index < -0.39 is 5.97 Å². The number of methoxy groups -OCH3 is 1. The van der Waals surface area contributed by atoms with Crippen molar-refractivity contribution in [2.75, 3.05) is 17.7 Å². The molecule has 22 heavy (non-hydrogen) atoms. The normalized spacial score (nSPS) is 9.95. The van der Waals surface area contributed by atoms with Gasteiger partial charge in [-0.05, 0) is 30.3 Å². The Morgan fingerprint density at radius 3 is 2.41 bits per heavy atom. The van der Waals surface area contributed by atoms with Gasteiger partial charge in [0.05, 0.1) is 23.4 Å². The van der Waals surface area contributed by atoms with Gasteiger partial charge < -0.3 is 15.4 Å². The third-order valence-corrected chi connectivity index (χ3v) is 2.95. The van der Waals surface area contributed by atoms with E-state index >= 15 is 0 Å². The van der Waals surface area contributed by atoms with Crippen molar-refractivity contribution in [1.29, 1.82) is 0 Å². The number of aromatic nitrogens is 2. The number of rotatable bonds is 4. The van der Waals surface area contributed by atoms with Crippen molar-refractivity contribution in [1.82, 2.24) is 10.2 Å². The lowest BCUT2D eigenvalue weighted by Gasteiger charge is -2.09. The maximum Gasteiger partial charge on any atom is 0.337 e. The summed E-state index contributed by atoms with van der Waals surface area (Å²) in [5.41, 5.74) is 0.850. The molecule has 8 heteroatoms. The number of ether oxygens (including phenoxy) is 1. The van der Waals surface area contributed by atoms with Crippen molar-refractivity contribution >= 4 is 40.8 Å². The van der Waals surface area contributed by atoms with Gasteiger partial charge in [-0.1, -0.05) is 11.6 Å². The smallest absolute Gasteiger partial charge is 0.337 e.